The van der Waals surface area contributed by atoms with E-state index in [4.69, 9.17) is 9.47 Å². The fourth-order valence-corrected chi connectivity index (χ4v) is 10.3. The normalized spacial score (nSPS) is 16.7. The molecule has 6 rings (SSSR count). The summed E-state index contributed by atoms with van der Waals surface area (Å²) in [5.41, 5.74) is 0. The maximum absolute atomic E-state index is 13.5. The van der Waals surface area contributed by atoms with Crippen LogP contribution in [0.15, 0.2) is 88.9 Å². The zero-order valence-electron chi connectivity index (χ0n) is 29.8. The highest BCUT2D eigenvalue weighted by Crippen LogP contribution is 2.28. The van der Waals surface area contributed by atoms with Gasteiger partial charge in [-0.05, 0) is 49.3 Å². The van der Waals surface area contributed by atoms with Crippen molar-refractivity contribution >= 4 is 53.8 Å². The molecule has 284 valence electrons. The predicted molar refractivity (Wildman–Crippen MR) is 201 cm³/mol. The first-order chi connectivity index (χ1) is 25.7. The first-order valence-electron chi connectivity index (χ1n) is 18.3. The number of amides is 2. The number of pyridine rings is 1. The number of fused-ring (bicyclic) bond motifs is 2. The second-order valence-corrected chi connectivity index (χ2v) is 17.1. The van der Waals surface area contributed by atoms with Crippen molar-refractivity contribution in [1.82, 2.24) is 23.4 Å². The summed E-state index contributed by atoms with van der Waals surface area (Å²) in [4.78, 5) is 33.3. The van der Waals surface area contributed by atoms with Crippen molar-refractivity contribution in [3.05, 3.63) is 79.1 Å². The minimum Gasteiger partial charge on any atom is -0.449 e. The monoisotopic (exact) mass is 765 g/mol. The van der Waals surface area contributed by atoms with E-state index in [-0.39, 0.29) is 49.2 Å². The van der Waals surface area contributed by atoms with E-state index in [1.165, 1.54) is 8.61 Å². The van der Waals surface area contributed by atoms with Gasteiger partial charge in [0.25, 0.3) is 0 Å². The van der Waals surface area contributed by atoms with E-state index < -0.39 is 32.2 Å². The third kappa shape index (κ3) is 9.26. The largest absolute Gasteiger partial charge is 0.449 e. The Balaban J connectivity index is 0.843. The van der Waals surface area contributed by atoms with Crippen LogP contribution < -0.4 is 0 Å². The van der Waals surface area contributed by atoms with Crippen molar-refractivity contribution in [3.8, 4) is 0 Å². The number of hydrogen-bond donors (Lipinski definition) is 0. The summed E-state index contributed by atoms with van der Waals surface area (Å²) in [6.07, 6.45) is 7.37. The maximum Gasteiger partial charge on any atom is 0.409 e. The van der Waals surface area contributed by atoms with Crippen molar-refractivity contribution in [2.45, 2.75) is 54.7 Å². The summed E-state index contributed by atoms with van der Waals surface area (Å²) >= 11 is 0. The lowest BCUT2D eigenvalue weighted by atomic mass is 10.1. The Morgan fingerprint density at radius 3 is 1.62 bits per heavy atom. The minimum absolute atomic E-state index is 0.188. The van der Waals surface area contributed by atoms with Crippen LogP contribution in [-0.4, -0.2) is 118 Å². The molecule has 2 saturated heterocycles. The van der Waals surface area contributed by atoms with E-state index in [0.717, 1.165) is 30.0 Å². The zero-order valence-corrected chi connectivity index (χ0v) is 31.5. The Labute approximate surface area is 311 Å². The number of nitrogens with zero attached hydrogens (tertiary/aromatic N) is 5. The molecule has 2 aliphatic heterocycles. The lowest BCUT2D eigenvalue weighted by Gasteiger charge is -2.22. The molecule has 3 heterocycles. The van der Waals surface area contributed by atoms with Crippen molar-refractivity contribution in [1.29, 1.82) is 0 Å². The van der Waals surface area contributed by atoms with Gasteiger partial charge in [-0.15, -0.1) is 0 Å². The Morgan fingerprint density at radius 1 is 0.547 bits per heavy atom. The van der Waals surface area contributed by atoms with E-state index >= 15 is 0 Å². The Kier molecular flexibility index (Phi) is 12.8. The summed E-state index contributed by atoms with van der Waals surface area (Å²) in [5, 5.41) is 2.93. The molecule has 15 heteroatoms. The molecule has 0 bridgehead atoms. The lowest BCUT2D eigenvalue weighted by molar-refractivity contribution is 0.101. The molecule has 0 aliphatic carbocycles. The fourth-order valence-electron chi connectivity index (χ4n) is 6.89. The highest BCUT2D eigenvalue weighted by Gasteiger charge is 2.31. The van der Waals surface area contributed by atoms with E-state index in [1.54, 1.807) is 52.5 Å². The topological polar surface area (TPSA) is 147 Å². The van der Waals surface area contributed by atoms with Gasteiger partial charge in [0.2, 0.25) is 20.0 Å². The second kappa shape index (κ2) is 17.7. The quantitative estimate of drug-likeness (QED) is 0.166. The van der Waals surface area contributed by atoms with E-state index in [9.17, 15) is 26.4 Å². The number of unbranched alkanes of at least 4 members (excludes halogenated alkanes) is 4. The number of carbonyl (C=O) groups is 2. The van der Waals surface area contributed by atoms with Crippen LogP contribution in [0, 0.1) is 0 Å². The van der Waals surface area contributed by atoms with Crippen molar-refractivity contribution in [2.75, 3.05) is 65.6 Å². The Hall–Kier alpha value is -4.31. The average molecular weight is 766 g/mol. The van der Waals surface area contributed by atoms with Gasteiger partial charge in [-0.25, -0.2) is 26.4 Å². The molecule has 53 heavy (non-hydrogen) atoms. The molecule has 1 aromatic heterocycles. The number of carbonyl (C=O) groups excluding carboxylic acids is 2. The van der Waals surface area contributed by atoms with Gasteiger partial charge in [0.1, 0.15) is 0 Å². The van der Waals surface area contributed by atoms with Crippen LogP contribution in [0.4, 0.5) is 9.59 Å². The summed E-state index contributed by atoms with van der Waals surface area (Å²) in [5.74, 6) is 0. The smallest absolute Gasteiger partial charge is 0.409 e. The standard InChI is InChI=1S/C38H47N5O8S2/c44-37(40-20-10-22-42(26-24-40)52(46,47)35-16-8-13-31-12-4-5-15-33(31)35)50-28-6-2-1-3-7-29-51-38(45)41-21-11-23-43(27-25-41)53(48,49)36-17-9-14-32-30-39-19-18-34(32)36/h4-5,8-9,12-19,30H,1-3,6-7,10-11,20-29H2. The minimum atomic E-state index is -3.75. The molecular formula is C38H47N5O8S2. The zero-order chi connectivity index (χ0) is 37.3. The number of rotatable bonds is 12. The van der Waals surface area contributed by atoms with Crippen LogP contribution in [0.25, 0.3) is 21.5 Å². The first kappa shape index (κ1) is 38.4. The van der Waals surface area contributed by atoms with Crippen LogP contribution in [0.2, 0.25) is 0 Å². The summed E-state index contributed by atoms with van der Waals surface area (Å²) in [7, 11) is -7.48. The van der Waals surface area contributed by atoms with Gasteiger partial charge in [-0.3, -0.25) is 4.98 Å². The molecule has 2 amide bonds. The molecular weight excluding hydrogens is 719 g/mol. The molecule has 4 aromatic rings. The van der Waals surface area contributed by atoms with Crippen LogP contribution in [-0.2, 0) is 29.5 Å². The molecule has 13 nitrogen and oxygen atoms in total. The highest BCUT2D eigenvalue weighted by atomic mass is 32.2. The lowest BCUT2D eigenvalue weighted by Crippen LogP contribution is -2.37. The van der Waals surface area contributed by atoms with Gasteiger partial charge >= 0.3 is 12.2 Å². The molecule has 0 saturated carbocycles. The second-order valence-electron chi connectivity index (χ2n) is 13.3. The number of benzene rings is 3. The Bertz CT molecular complexity index is 1950. The first-order valence-corrected chi connectivity index (χ1v) is 21.2. The van der Waals surface area contributed by atoms with Gasteiger partial charge in [-0.1, -0.05) is 67.8 Å². The van der Waals surface area contributed by atoms with E-state index in [0.29, 0.717) is 62.6 Å². The summed E-state index contributed by atoms with van der Waals surface area (Å²) < 4.78 is 68.0. The fraction of sp³-hybridized carbons (Fsp3) is 0.447. The SMILES string of the molecule is O=C(OCCCCCCCOC(=O)N1CCCN(S(=O)(=O)c2cccc3cnccc23)CC1)N1CCCN(S(=O)(=O)c2cccc3ccccc23)CC1. The van der Waals surface area contributed by atoms with Crippen LogP contribution in [0.3, 0.4) is 0 Å². The number of aromatic nitrogens is 1. The van der Waals surface area contributed by atoms with Crippen LogP contribution in [0.1, 0.15) is 44.9 Å². The van der Waals surface area contributed by atoms with E-state index in [2.05, 4.69) is 4.98 Å². The molecule has 2 aliphatic rings. The van der Waals surface area contributed by atoms with Gasteiger partial charge in [0, 0.05) is 80.9 Å². The summed E-state index contributed by atoms with van der Waals surface area (Å²) in [6, 6.07) is 19.6. The molecule has 0 atom stereocenters. The van der Waals surface area contributed by atoms with E-state index in [1.807, 2.05) is 36.4 Å². The summed E-state index contributed by atoms with van der Waals surface area (Å²) in [6.45, 7) is 2.96. The van der Waals surface area contributed by atoms with Crippen molar-refractivity contribution < 1.29 is 35.9 Å². The van der Waals surface area contributed by atoms with Crippen LogP contribution >= 0.6 is 0 Å². The third-order valence-corrected chi connectivity index (χ3v) is 13.7. The average Bonchev–Trinajstić information content (AvgIpc) is 3.60. The maximum atomic E-state index is 13.5. The molecule has 0 N–H and O–H groups in total. The molecule has 0 radical (unpaired) electrons. The number of sulfonamides is 2. The van der Waals surface area contributed by atoms with Crippen molar-refractivity contribution in [3.63, 3.8) is 0 Å². The molecule has 0 spiro atoms. The van der Waals surface area contributed by atoms with Crippen LogP contribution in [0.5, 0.6) is 0 Å². The number of ether oxygens (including phenoxy) is 2. The Morgan fingerprint density at radius 2 is 1.04 bits per heavy atom. The van der Waals surface area contributed by atoms with Gasteiger partial charge in [0.15, 0.2) is 0 Å². The molecule has 0 unspecified atom stereocenters. The third-order valence-electron chi connectivity index (χ3n) is 9.79. The number of hydrogen-bond acceptors (Lipinski definition) is 9. The van der Waals surface area contributed by atoms with Gasteiger partial charge < -0.3 is 19.3 Å². The predicted octanol–water partition coefficient (Wildman–Crippen LogP) is 5.70. The molecule has 3 aromatic carbocycles. The molecule has 2 fully saturated rings. The van der Waals surface area contributed by atoms with Crippen molar-refractivity contribution in [2.24, 2.45) is 0 Å². The van der Waals surface area contributed by atoms with Gasteiger partial charge in [-0.2, -0.15) is 8.61 Å². The highest BCUT2D eigenvalue weighted by molar-refractivity contribution is 7.89. The van der Waals surface area contributed by atoms with Gasteiger partial charge in [0.05, 0.1) is 23.0 Å².